The van der Waals surface area contributed by atoms with E-state index in [0.717, 1.165) is 17.3 Å². The molecule has 0 spiro atoms. The minimum absolute atomic E-state index is 0. The molecule has 0 atom stereocenters. The lowest BCUT2D eigenvalue weighted by molar-refractivity contribution is 0.479. The molecular formula is C17H21ClF3N3O2S. The van der Waals surface area contributed by atoms with E-state index in [1.165, 1.54) is 4.31 Å². The van der Waals surface area contributed by atoms with Gasteiger partial charge in [-0.15, -0.1) is 12.4 Å². The standard InChI is InChI=1S/C17H20F3N3O2S.ClH/c1-21-8-4-5-9-22-15-6-2-3-7-16(15)23(26(22,24)25)17-13(19)10-12(18)11-14(17)20;/h2-3,6-7,10-11,21,24-25H,4-5,8-9H2,1H3;1H. The molecule has 2 aromatic carbocycles. The Balaban J connectivity index is 0.00000261. The van der Waals surface area contributed by atoms with E-state index in [1.807, 2.05) is 7.05 Å². The van der Waals surface area contributed by atoms with Crippen molar-refractivity contribution in [3.63, 3.8) is 0 Å². The van der Waals surface area contributed by atoms with E-state index in [9.17, 15) is 22.3 Å². The Hall–Kier alpha value is -1.65. The molecule has 3 N–H and O–H groups in total. The van der Waals surface area contributed by atoms with Gasteiger partial charge in [0.2, 0.25) is 0 Å². The number of benzene rings is 2. The first-order valence-electron chi connectivity index (χ1n) is 8.12. The maximum Gasteiger partial charge on any atom is 0.154 e. The number of hydrogen-bond acceptors (Lipinski definition) is 5. The monoisotopic (exact) mass is 423 g/mol. The Morgan fingerprint density at radius 2 is 1.59 bits per heavy atom. The highest BCUT2D eigenvalue weighted by Crippen LogP contribution is 2.64. The molecule has 0 saturated carbocycles. The number of halogens is 4. The molecule has 0 unspecified atom stereocenters. The second-order valence-electron chi connectivity index (χ2n) is 5.90. The summed E-state index contributed by atoms with van der Waals surface area (Å²) < 4.78 is 65.7. The highest BCUT2D eigenvalue weighted by atomic mass is 35.5. The zero-order chi connectivity index (χ0) is 18.9. The SMILES string of the molecule is CNCCCCN1c2ccccc2N(c2c(F)cc(F)cc2F)S1(O)O.Cl. The van der Waals surface area contributed by atoms with Gasteiger partial charge in [-0.25, -0.2) is 17.5 Å². The van der Waals surface area contributed by atoms with E-state index in [0.29, 0.717) is 30.8 Å². The number of nitrogens with one attached hydrogen (secondary N) is 1. The number of para-hydroxylation sites is 2. The first-order chi connectivity index (χ1) is 12.4. The molecular weight excluding hydrogens is 403 g/mol. The molecule has 27 heavy (non-hydrogen) atoms. The van der Waals surface area contributed by atoms with E-state index in [-0.39, 0.29) is 18.1 Å². The van der Waals surface area contributed by atoms with Gasteiger partial charge >= 0.3 is 0 Å². The van der Waals surface area contributed by atoms with Gasteiger partial charge in [-0.1, -0.05) is 12.1 Å². The topological polar surface area (TPSA) is 59.0 Å². The molecule has 0 radical (unpaired) electrons. The van der Waals surface area contributed by atoms with Gasteiger partial charge < -0.3 is 5.32 Å². The summed E-state index contributed by atoms with van der Waals surface area (Å²) in [6.45, 7) is 1.06. The third-order valence-electron chi connectivity index (χ3n) is 4.13. The summed E-state index contributed by atoms with van der Waals surface area (Å²) in [5.74, 6) is -3.47. The number of unbranched alkanes of at least 4 members (excludes halogenated alkanes) is 1. The van der Waals surface area contributed by atoms with Crippen molar-refractivity contribution < 1.29 is 22.3 Å². The van der Waals surface area contributed by atoms with Gasteiger partial charge in [-0.3, -0.25) is 13.4 Å². The van der Waals surface area contributed by atoms with Crippen LogP contribution in [0.2, 0.25) is 0 Å². The van der Waals surface area contributed by atoms with Gasteiger partial charge in [0.25, 0.3) is 0 Å². The second kappa shape index (κ2) is 8.57. The molecule has 10 heteroatoms. The molecule has 2 aromatic rings. The van der Waals surface area contributed by atoms with Gasteiger partial charge in [0.05, 0.1) is 11.4 Å². The van der Waals surface area contributed by atoms with E-state index in [1.54, 1.807) is 24.3 Å². The molecule has 1 heterocycles. The second-order valence-corrected chi connectivity index (χ2v) is 7.69. The van der Waals surface area contributed by atoms with Crippen LogP contribution in [-0.4, -0.2) is 29.2 Å². The first kappa shape index (κ1) is 21.6. The van der Waals surface area contributed by atoms with Gasteiger partial charge in [-0.2, -0.15) is 0 Å². The van der Waals surface area contributed by atoms with E-state index >= 15 is 0 Å². The Labute approximate surface area is 163 Å². The molecule has 0 aliphatic carbocycles. The molecule has 0 aromatic heterocycles. The van der Waals surface area contributed by atoms with E-state index < -0.39 is 34.1 Å². The maximum absolute atomic E-state index is 14.3. The molecule has 1 aliphatic heterocycles. The zero-order valence-electron chi connectivity index (χ0n) is 14.5. The Morgan fingerprint density at radius 3 is 2.19 bits per heavy atom. The molecule has 150 valence electrons. The van der Waals surface area contributed by atoms with Crippen molar-refractivity contribution in [2.45, 2.75) is 12.8 Å². The van der Waals surface area contributed by atoms with Crippen LogP contribution in [0.15, 0.2) is 36.4 Å². The molecule has 0 fully saturated rings. The highest BCUT2D eigenvalue weighted by molar-refractivity contribution is 8.27. The fourth-order valence-corrected chi connectivity index (χ4v) is 4.81. The zero-order valence-corrected chi connectivity index (χ0v) is 16.2. The number of nitrogens with zero attached hydrogens (tertiary/aromatic N) is 2. The van der Waals surface area contributed by atoms with Crippen LogP contribution in [-0.2, 0) is 0 Å². The van der Waals surface area contributed by atoms with Gasteiger partial charge in [0.15, 0.2) is 11.6 Å². The quantitative estimate of drug-likeness (QED) is 0.567. The van der Waals surface area contributed by atoms with Gasteiger partial charge in [0.1, 0.15) is 11.5 Å². The molecule has 0 bridgehead atoms. The normalized spacial score (nSPS) is 16.1. The highest BCUT2D eigenvalue weighted by Gasteiger charge is 2.43. The Kier molecular flexibility index (Phi) is 6.87. The molecule has 0 amide bonds. The molecule has 0 saturated heterocycles. The number of rotatable bonds is 6. The molecule has 5 nitrogen and oxygen atoms in total. The lowest BCUT2D eigenvalue weighted by Gasteiger charge is -2.43. The van der Waals surface area contributed by atoms with Crippen LogP contribution in [0.3, 0.4) is 0 Å². The van der Waals surface area contributed by atoms with Gasteiger partial charge in [-0.05, 0) is 49.5 Å². The minimum Gasteiger partial charge on any atom is -0.320 e. The van der Waals surface area contributed by atoms with Crippen molar-refractivity contribution in [2.24, 2.45) is 0 Å². The fourth-order valence-electron chi connectivity index (χ4n) is 2.98. The summed E-state index contributed by atoms with van der Waals surface area (Å²) in [7, 11) is -1.92. The lowest BCUT2D eigenvalue weighted by Crippen LogP contribution is -2.33. The Bertz CT molecular complexity index is 790. The van der Waals surface area contributed by atoms with Crippen LogP contribution in [0.4, 0.5) is 30.2 Å². The summed E-state index contributed by atoms with van der Waals surface area (Å²) in [6, 6.07) is 7.57. The third-order valence-corrected chi connectivity index (χ3v) is 5.97. The molecule has 1 aliphatic rings. The van der Waals surface area contributed by atoms with Crippen molar-refractivity contribution in [2.75, 3.05) is 28.7 Å². The predicted molar refractivity (Wildman–Crippen MR) is 106 cm³/mol. The summed E-state index contributed by atoms with van der Waals surface area (Å²) in [4.78, 5) is 0. The van der Waals surface area contributed by atoms with Crippen molar-refractivity contribution in [1.82, 2.24) is 5.32 Å². The van der Waals surface area contributed by atoms with Crippen molar-refractivity contribution >= 4 is 40.4 Å². The largest absolute Gasteiger partial charge is 0.320 e. The number of hydrogen-bond donors (Lipinski definition) is 3. The van der Waals surface area contributed by atoms with Crippen molar-refractivity contribution in [3.05, 3.63) is 53.8 Å². The van der Waals surface area contributed by atoms with Crippen molar-refractivity contribution in [3.8, 4) is 0 Å². The van der Waals surface area contributed by atoms with Crippen LogP contribution in [0.1, 0.15) is 12.8 Å². The third kappa shape index (κ3) is 3.97. The van der Waals surface area contributed by atoms with Gasteiger partial charge in [0, 0.05) is 18.7 Å². The number of fused-ring (bicyclic) bond motifs is 1. The number of anilines is 3. The first-order valence-corrected chi connectivity index (χ1v) is 9.58. The lowest BCUT2D eigenvalue weighted by atomic mass is 10.2. The maximum atomic E-state index is 14.3. The molecule has 3 rings (SSSR count). The summed E-state index contributed by atoms with van der Waals surface area (Å²) in [5.41, 5.74) is 0.0298. The average Bonchev–Trinajstić information content (AvgIpc) is 2.79. The summed E-state index contributed by atoms with van der Waals surface area (Å²) >= 11 is 0. The van der Waals surface area contributed by atoms with Crippen LogP contribution >= 0.6 is 23.4 Å². The van der Waals surface area contributed by atoms with Crippen LogP contribution < -0.4 is 13.9 Å². The van der Waals surface area contributed by atoms with Crippen LogP contribution in [0.5, 0.6) is 0 Å². The van der Waals surface area contributed by atoms with Crippen molar-refractivity contribution in [1.29, 1.82) is 0 Å². The van der Waals surface area contributed by atoms with Crippen LogP contribution in [0, 0.1) is 17.5 Å². The summed E-state index contributed by atoms with van der Waals surface area (Å²) in [6.07, 6.45) is 1.44. The minimum atomic E-state index is -3.74. The fraction of sp³-hybridized carbons (Fsp3) is 0.294. The summed E-state index contributed by atoms with van der Waals surface area (Å²) in [5, 5.41) is 3.01. The predicted octanol–water partition coefficient (Wildman–Crippen LogP) is 5.06. The Morgan fingerprint density at radius 1 is 1.00 bits per heavy atom. The van der Waals surface area contributed by atoms with E-state index in [2.05, 4.69) is 5.32 Å². The smallest absolute Gasteiger partial charge is 0.154 e. The average molecular weight is 424 g/mol. The van der Waals surface area contributed by atoms with E-state index in [4.69, 9.17) is 0 Å². The van der Waals surface area contributed by atoms with Crippen LogP contribution in [0.25, 0.3) is 0 Å².